The van der Waals surface area contributed by atoms with Crippen LogP contribution in [-0.4, -0.2) is 17.4 Å². The molecule has 2 rings (SSSR count). The van der Waals surface area contributed by atoms with Crippen molar-refractivity contribution in [2.24, 2.45) is 5.92 Å². The lowest BCUT2D eigenvalue weighted by molar-refractivity contribution is -0.137. The van der Waals surface area contributed by atoms with Crippen molar-refractivity contribution < 1.29 is 18.0 Å². The van der Waals surface area contributed by atoms with Gasteiger partial charge in [0, 0.05) is 6.42 Å². The first kappa shape index (κ1) is 16.0. The second-order valence-corrected chi connectivity index (χ2v) is 6.33. The molecule has 1 aliphatic rings. The highest BCUT2D eigenvalue weighted by Gasteiger charge is 2.31. The summed E-state index contributed by atoms with van der Waals surface area (Å²) in [5.74, 6) is 2.26. The van der Waals surface area contributed by atoms with Crippen molar-refractivity contribution in [3.63, 3.8) is 0 Å². The molecule has 0 atom stereocenters. The molecule has 0 saturated carbocycles. The molecule has 0 bridgehead atoms. The van der Waals surface area contributed by atoms with Crippen LogP contribution in [0.5, 0.6) is 0 Å². The van der Waals surface area contributed by atoms with Gasteiger partial charge in [-0.25, -0.2) is 0 Å². The van der Waals surface area contributed by atoms with E-state index in [0.29, 0.717) is 12.3 Å². The summed E-state index contributed by atoms with van der Waals surface area (Å²) in [7, 11) is 0. The Kier molecular flexibility index (Phi) is 5.03. The molecule has 1 saturated heterocycles. The quantitative estimate of drug-likeness (QED) is 0.834. The molecule has 21 heavy (non-hydrogen) atoms. The number of hydrogen-bond acceptors (Lipinski definition) is 3. The monoisotopic (exact) mass is 318 g/mol. The van der Waals surface area contributed by atoms with Crippen LogP contribution in [0.25, 0.3) is 0 Å². The predicted octanol–water partition coefficient (Wildman–Crippen LogP) is 3.76. The highest BCUT2D eigenvalue weighted by atomic mass is 32.2. The second-order valence-electron chi connectivity index (χ2n) is 5.11. The van der Waals surface area contributed by atoms with Crippen LogP contribution in [0.2, 0.25) is 0 Å². The predicted molar refractivity (Wildman–Crippen MR) is 79.2 cm³/mol. The fourth-order valence-corrected chi connectivity index (χ4v) is 3.47. The summed E-state index contributed by atoms with van der Waals surface area (Å²) < 4.78 is 37.6. The fraction of sp³-hybridized carbons (Fsp3) is 0.500. The van der Waals surface area contributed by atoms with Gasteiger partial charge in [0.05, 0.1) is 16.9 Å². The number of amides is 1. The number of rotatable bonds is 3. The summed E-state index contributed by atoms with van der Waals surface area (Å²) >= 11 is 1.88. The Bertz CT molecular complexity index is 513. The normalized spacial score (nSPS) is 16.7. The summed E-state index contributed by atoms with van der Waals surface area (Å²) in [6.07, 6.45) is -2.04. The Morgan fingerprint density at radius 2 is 2.00 bits per heavy atom. The zero-order valence-electron chi connectivity index (χ0n) is 11.4. The third-order valence-corrected chi connectivity index (χ3v) is 4.52. The van der Waals surface area contributed by atoms with Crippen LogP contribution in [0.1, 0.15) is 24.8 Å². The number of alkyl halides is 3. The van der Waals surface area contributed by atoms with Gasteiger partial charge in [0.15, 0.2) is 0 Å². The molecular weight excluding hydrogens is 301 g/mol. The van der Waals surface area contributed by atoms with Gasteiger partial charge in [0.2, 0.25) is 5.91 Å². The zero-order chi connectivity index (χ0) is 15.5. The van der Waals surface area contributed by atoms with Gasteiger partial charge in [-0.2, -0.15) is 24.9 Å². The molecule has 1 heterocycles. The van der Waals surface area contributed by atoms with E-state index in [1.54, 1.807) is 0 Å². The standard InChI is InChI=1S/C14H17F3N2OS/c15-14(16,17)10-1-2-12(11(18)8-10)19-13(20)7-9-3-5-21-6-4-9/h1-2,8-9H,3-7,18H2,(H,19,20). The van der Waals surface area contributed by atoms with E-state index in [4.69, 9.17) is 5.73 Å². The number of carbonyl (C=O) groups is 1. The summed E-state index contributed by atoms with van der Waals surface area (Å²) in [6.45, 7) is 0. The molecule has 0 radical (unpaired) electrons. The highest BCUT2D eigenvalue weighted by Crippen LogP contribution is 2.33. The third-order valence-electron chi connectivity index (χ3n) is 3.47. The van der Waals surface area contributed by atoms with E-state index in [-0.39, 0.29) is 17.3 Å². The third kappa shape index (κ3) is 4.56. The largest absolute Gasteiger partial charge is 0.416 e. The second kappa shape index (κ2) is 6.60. The molecule has 0 aromatic heterocycles. The molecule has 1 aromatic carbocycles. The number of nitrogen functional groups attached to an aromatic ring is 1. The summed E-state index contributed by atoms with van der Waals surface area (Å²) in [5, 5.41) is 2.60. The van der Waals surface area contributed by atoms with Crippen LogP contribution >= 0.6 is 11.8 Å². The maximum Gasteiger partial charge on any atom is 0.416 e. The van der Waals surface area contributed by atoms with E-state index in [9.17, 15) is 18.0 Å². The lowest BCUT2D eigenvalue weighted by Crippen LogP contribution is -2.20. The smallest absolute Gasteiger partial charge is 0.397 e. The van der Waals surface area contributed by atoms with E-state index in [0.717, 1.165) is 36.5 Å². The van der Waals surface area contributed by atoms with Crippen LogP contribution in [0.15, 0.2) is 18.2 Å². The van der Waals surface area contributed by atoms with Gasteiger partial charge in [-0.3, -0.25) is 4.79 Å². The molecule has 0 unspecified atom stereocenters. The minimum absolute atomic E-state index is 0.0719. The number of anilines is 2. The van der Waals surface area contributed by atoms with Crippen molar-refractivity contribution in [1.82, 2.24) is 0 Å². The number of carbonyl (C=O) groups excluding carboxylic acids is 1. The molecule has 1 aromatic rings. The average molecular weight is 318 g/mol. The first-order chi connectivity index (χ1) is 9.86. The van der Waals surface area contributed by atoms with E-state index in [1.165, 1.54) is 6.07 Å². The van der Waals surface area contributed by atoms with E-state index in [2.05, 4.69) is 5.32 Å². The molecule has 1 amide bonds. The first-order valence-electron chi connectivity index (χ1n) is 6.70. The van der Waals surface area contributed by atoms with Gasteiger partial charge in [-0.05, 0) is 48.5 Å². The lowest BCUT2D eigenvalue weighted by Gasteiger charge is -2.21. The van der Waals surface area contributed by atoms with Gasteiger partial charge in [0.1, 0.15) is 0 Å². The SMILES string of the molecule is Nc1cc(C(F)(F)F)ccc1NC(=O)CC1CCSCC1. The molecular formula is C14H17F3N2OS. The number of benzene rings is 1. The molecule has 0 spiro atoms. The van der Waals surface area contributed by atoms with E-state index >= 15 is 0 Å². The van der Waals surface area contributed by atoms with E-state index in [1.807, 2.05) is 11.8 Å². The maximum atomic E-state index is 12.5. The Morgan fingerprint density at radius 3 is 2.57 bits per heavy atom. The van der Waals surface area contributed by atoms with Gasteiger partial charge in [-0.15, -0.1) is 0 Å². The zero-order valence-corrected chi connectivity index (χ0v) is 12.2. The van der Waals surface area contributed by atoms with Crippen molar-refractivity contribution in [2.75, 3.05) is 22.6 Å². The van der Waals surface area contributed by atoms with Crippen molar-refractivity contribution in [3.05, 3.63) is 23.8 Å². The molecule has 3 N–H and O–H groups in total. The fourth-order valence-electron chi connectivity index (χ4n) is 2.27. The Hall–Kier alpha value is -1.37. The first-order valence-corrected chi connectivity index (χ1v) is 7.86. The number of nitrogens with two attached hydrogens (primary N) is 1. The molecule has 1 aliphatic heterocycles. The minimum Gasteiger partial charge on any atom is -0.397 e. The minimum atomic E-state index is -4.43. The highest BCUT2D eigenvalue weighted by molar-refractivity contribution is 7.99. The van der Waals surface area contributed by atoms with Crippen molar-refractivity contribution in [2.45, 2.75) is 25.4 Å². The van der Waals surface area contributed by atoms with Crippen LogP contribution in [0.4, 0.5) is 24.5 Å². The summed E-state index contributed by atoms with van der Waals surface area (Å²) in [6, 6.07) is 2.96. The van der Waals surface area contributed by atoms with Gasteiger partial charge in [0.25, 0.3) is 0 Å². The Morgan fingerprint density at radius 1 is 1.33 bits per heavy atom. The van der Waals surface area contributed by atoms with Crippen molar-refractivity contribution in [3.8, 4) is 0 Å². The Balaban J connectivity index is 1.97. The molecule has 3 nitrogen and oxygen atoms in total. The van der Waals surface area contributed by atoms with Crippen LogP contribution in [0, 0.1) is 5.92 Å². The average Bonchev–Trinajstić information content (AvgIpc) is 2.41. The lowest BCUT2D eigenvalue weighted by atomic mass is 9.98. The van der Waals surface area contributed by atoms with E-state index < -0.39 is 11.7 Å². The van der Waals surface area contributed by atoms with Gasteiger partial charge >= 0.3 is 6.18 Å². The van der Waals surface area contributed by atoms with Gasteiger partial charge < -0.3 is 11.1 Å². The molecule has 116 valence electrons. The number of nitrogens with one attached hydrogen (secondary N) is 1. The van der Waals surface area contributed by atoms with Gasteiger partial charge in [-0.1, -0.05) is 0 Å². The summed E-state index contributed by atoms with van der Waals surface area (Å²) in [4.78, 5) is 11.9. The van der Waals surface area contributed by atoms with Crippen molar-refractivity contribution in [1.29, 1.82) is 0 Å². The maximum absolute atomic E-state index is 12.5. The van der Waals surface area contributed by atoms with Crippen LogP contribution in [-0.2, 0) is 11.0 Å². The Labute approximate surface area is 125 Å². The topological polar surface area (TPSA) is 55.1 Å². The molecule has 0 aliphatic carbocycles. The summed E-state index contributed by atoms with van der Waals surface area (Å²) in [5.41, 5.74) is 4.93. The number of halogens is 3. The van der Waals surface area contributed by atoms with Crippen LogP contribution < -0.4 is 11.1 Å². The number of hydrogen-bond donors (Lipinski definition) is 2. The molecule has 1 fully saturated rings. The van der Waals surface area contributed by atoms with Crippen LogP contribution in [0.3, 0.4) is 0 Å². The van der Waals surface area contributed by atoms with Crippen molar-refractivity contribution >= 4 is 29.0 Å². The molecule has 7 heteroatoms. The number of thioether (sulfide) groups is 1.